The lowest BCUT2D eigenvalue weighted by molar-refractivity contribution is 0.478. The van der Waals surface area contributed by atoms with Crippen molar-refractivity contribution in [1.29, 1.82) is 0 Å². The van der Waals surface area contributed by atoms with Crippen LogP contribution in [0.2, 0.25) is 0 Å². The maximum atomic E-state index is 9.67. The van der Waals surface area contributed by atoms with Crippen LogP contribution in [0.3, 0.4) is 0 Å². The van der Waals surface area contributed by atoms with Gasteiger partial charge in [0.25, 0.3) is 0 Å². The van der Waals surface area contributed by atoms with Gasteiger partial charge in [-0.1, -0.05) is 0 Å². The minimum Gasteiger partial charge on any atom is -0.506 e. The third kappa shape index (κ3) is 1.55. The predicted octanol–water partition coefficient (Wildman–Crippen LogP) is 1.19. The summed E-state index contributed by atoms with van der Waals surface area (Å²) in [6, 6.07) is 3.54. The Labute approximate surface area is 93.9 Å². The molecule has 0 aliphatic carbocycles. The molecule has 4 heteroatoms. The lowest BCUT2D eigenvalue weighted by atomic mass is 10.1. The van der Waals surface area contributed by atoms with E-state index < -0.39 is 0 Å². The first-order valence-electron chi connectivity index (χ1n) is 5.69. The van der Waals surface area contributed by atoms with Gasteiger partial charge in [0.15, 0.2) is 0 Å². The third-order valence-electron chi connectivity index (χ3n) is 3.26. The Hall–Kier alpha value is -1.55. The zero-order chi connectivity index (χ0) is 11.0. The van der Waals surface area contributed by atoms with Gasteiger partial charge in [0.1, 0.15) is 17.1 Å². The summed E-state index contributed by atoms with van der Waals surface area (Å²) in [6.45, 7) is 2.19. The number of hydrogen-bond donors (Lipinski definition) is 2. The molecule has 0 aromatic carbocycles. The number of nitrogens with one attached hydrogen (secondary N) is 1. The van der Waals surface area contributed by atoms with Crippen LogP contribution in [0.5, 0.6) is 5.75 Å². The van der Waals surface area contributed by atoms with E-state index >= 15 is 0 Å². The van der Waals surface area contributed by atoms with Crippen LogP contribution in [0, 0.1) is 5.92 Å². The molecule has 1 aliphatic rings. The van der Waals surface area contributed by atoms with E-state index in [1.165, 1.54) is 6.42 Å². The Morgan fingerprint density at radius 2 is 2.50 bits per heavy atom. The predicted molar refractivity (Wildman–Crippen MR) is 61.5 cm³/mol. The van der Waals surface area contributed by atoms with E-state index in [1.54, 1.807) is 12.3 Å². The Morgan fingerprint density at radius 3 is 3.31 bits per heavy atom. The van der Waals surface area contributed by atoms with Crippen molar-refractivity contribution in [2.45, 2.75) is 12.8 Å². The molecule has 1 atom stereocenters. The van der Waals surface area contributed by atoms with E-state index in [4.69, 9.17) is 0 Å². The molecule has 2 aromatic rings. The van der Waals surface area contributed by atoms with Crippen LogP contribution in [0.15, 0.2) is 24.5 Å². The quantitative estimate of drug-likeness (QED) is 0.794. The van der Waals surface area contributed by atoms with E-state index in [-0.39, 0.29) is 0 Å². The number of rotatable bonds is 2. The molecular weight excluding hydrogens is 202 g/mol. The van der Waals surface area contributed by atoms with Crippen molar-refractivity contribution in [2.75, 3.05) is 13.1 Å². The SMILES string of the molecule is Oc1cccn2c(CC3CCNC3)ncc12. The minimum atomic E-state index is 0.297. The number of hydrogen-bond acceptors (Lipinski definition) is 3. The fourth-order valence-corrected chi connectivity index (χ4v) is 2.36. The lowest BCUT2D eigenvalue weighted by Gasteiger charge is -2.07. The standard InChI is InChI=1S/C12H15N3O/c16-11-2-1-5-15-10(11)8-14-12(15)6-9-3-4-13-7-9/h1-2,5,8-9,13,16H,3-4,6-7H2. The first-order chi connectivity index (χ1) is 7.84. The van der Waals surface area contributed by atoms with E-state index in [1.807, 2.05) is 16.7 Å². The van der Waals surface area contributed by atoms with Gasteiger partial charge in [0.2, 0.25) is 0 Å². The fraction of sp³-hybridized carbons (Fsp3) is 0.417. The van der Waals surface area contributed by atoms with Crippen molar-refractivity contribution >= 4 is 5.52 Å². The molecule has 1 aliphatic heterocycles. The van der Waals surface area contributed by atoms with E-state index in [0.29, 0.717) is 11.7 Å². The van der Waals surface area contributed by atoms with Crippen LogP contribution >= 0.6 is 0 Å². The van der Waals surface area contributed by atoms with E-state index in [2.05, 4.69) is 10.3 Å². The number of imidazole rings is 1. The van der Waals surface area contributed by atoms with Crippen molar-refractivity contribution < 1.29 is 5.11 Å². The second-order valence-electron chi connectivity index (χ2n) is 4.39. The molecule has 2 aromatic heterocycles. The largest absolute Gasteiger partial charge is 0.506 e. The van der Waals surface area contributed by atoms with Crippen LogP contribution in [0.4, 0.5) is 0 Å². The molecule has 84 valence electrons. The molecule has 16 heavy (non-hydrogen) atoms. The van der Waals surface area contributed by atoms with Gasteiger partial charge in [-0.25, -0.2) is 4.98 Å². The molecule has 1 saturated heterocycles. The highest BCUT2D eigenvalue weighted by molar-refractivity contribution is 5.58. The van der Waals surface area contributed by atoms with Gasteiger partial charge in [-0.05, 0) is 37.6 Å². The summed E-state index contributed by atoms with van der Waals surface area (Å²) in [5.74, 6) is 2.01. The van der Waals surface area contributed by atoms with Crippen LogP contribution < -0.4 is 5.32 Å². The fourth-order valence-electron chi connectivity index (χ4n) is 2.36. The number of aromatic nitrogens is 2. The highest BCUT2D eigenvalue weighted by atomic mass is 16.3. The second-order valence-corrected chi connectivity index (χ2v) is 4.39. The normalized spacial score (nSPS) is 20.6. The average Bonchev–Trinajstić information content (AvgIpc) is 2.90. The molecule has 0 bridgehead atoms. The highest BCUT2D eigenvalue weighted by Crippen LogP contribution is 2.21. The molecule has 2 N–H and O–H groups in total. The molecule has 1 fully saturated rings. The molecule has 1 unspecified atom stereocenters. The van der Waals surface area contributed by atoms with E-state index in [9.17, 15) is 5.11 Å². The van der Waals surface area contributed by atoms with Crippen molar-refractivity contribution in [3.8, 4) is 5.75 Å². The number of aromatic hydroxyl groups is 1. The summed E-state index contributed by atoms with van der Waals surface area (Å²) >= 11 is 0. The molecule has 0 spiro atoms. The highest BCUT2D eigenvalue weighted by Gasteiger charge is 2.17. The molecule has 0 radical (unpaired) electrons. The number of nitrogens with zero attached hydrogens (tertiary/aromatic N) is 2. The topological polar surface area (TPSA) is 49.6 Å². The number of fused-ring (bicyclic) bond motifs is 1. The summed E-state index contributed by atoms with van der Waals surface area (Å²) in [4.78, 5) is 4.39. The summed E-state index contributed by atoms with van der Waals surface area (Å²) in [7, 11) is 0. The maximum absolute atomic E-state index is 9.67. The van der Waals surface area contributed by atoms with Gasteiger partial charge in [0.05, 0.1) is 6.20 Å². The molecule has 3 heterocycles. The van der Waals surface area contributed by atoms with Crippen LogP contribution in [-0.2, 0) is 6.42 Å². The van der Waals surface area contributed by atoms with Crippen LogP contribution in [0.1, 0.15) is 12.2 Å². The van der Waals surface area contributed by atoms with Gasteiger partial charge in [0, 0.05) is 12.6 Å². The monoisotopic (exact) mass is 217 g/mol. The first kappa shape index (κ1) is 9.66. The molecule has 3 rings (SSSR count). The van der Waals surface area contributed by atoms with Crippen molar-refractivity contribution in [2.24, 2.45) is 5.92 Å². The molecule has 0 saturated carbocycles. The Bertz CT molecular complexity index is 500. The average molecular weight is 217 g/mol. The summed E-state index contributed by atoms with van der Waals surface area (Å²) < 4.78 is 1.98. The molecule has 0 amide bonds. The van der Waals surface area contributed by atoms with Gasteiger partial charge >= 0.3 is 0 Å². The van der Waals surface area contributed by atoms with Gasteiger partial charge in [-0.3, -0.25) is 0 Å². The van der Waals surface area contributed by atoms with Gasteiger partial charge in [-0.2, -0.15) is 0 Å². The molecule has 4 nitrogen and oxygen atoms in total. The zero-order valence-corrected chi connectivity index (χ0v) is 9.06. The van der Waals surface area contributed by atoms with Crippen LogP contribution in [0.25, 0.3) is 5.52 Å². The van der Waals surface area contributed by atoms with Crippen molar-refractivity contribution in [3.05, 3.63) is 30.4 Å². The summed E-state index contributed by atoms with van der Waals surface area (Å²) in [5, 5.41) is 13.0. The van der Waals surface area contributed by atoms with Crippen LogP contribution in [-0.4, -0.2) is 27.6 Å². The zero-order valence-electron chi connectivity index (χ0n) is 9.06. The summed E-state index contributed by atoms with van der Waals surface area (Å²) in [6.07, 6.45) is 5.89. The Kier molecular flexibility index (Phi) is 2.29. The van der Waals surface area contributed by atoms with Gasteiger partial charge in [-0.15, -0.1) is 0 Å². The molecular formula is C12H15N3O. The van der Waals surface area contributed by atoms with E-state index in [0.717, 1.165) is 30.9 Å². The van der Waals surface area contributed by atoms with Crippen molar-refractivity contribution in [1.82, 2.24) is 14.7 Å². The maximum Gasteiger partial charge on any atom is 0.141 e. The first-order valence-corrected chi connectivity index (χ1v) is 5.69. The summed E-state index contributed by atoms with van der Waals surface area (Å²) in [5.41, 5.74) is 0.795. The smallest absolute Gasteiger partial charge is 0.141 e. The Balaban J connectivity index is 1.94. The van der Waals surface area contributed by atoms with Gasteiger partial charge < -0.3 is 14.8 Å². The number of pyridine rings is 1. The Morgan fingerprint density at radius 1 is 1.56 bits per heavy atom. The minimum absolute atomic E-state index is 0.297. The third-order valence-corrected chi connectivity index (χ3v) is 3.26. The second kappa shape index (κ2) is 3.79. The lowest BCUT2D eigenvalue weighted by Crippen LogP contribution is -2.12. The van der Waals surface area contributed by atoms with Crippen molar-refractivity contribution in [3.63, 3.8) is 0 Å².